The molecule has 1 aliphatic carbocycles. The molecule has 0 aromatic carbocycles. The quantitative estimate of drug-likeness (QED) is 0.162. The molecule has 23 heavy (non-hydrogen) atoms. The van der Waals surface area contributed by atoms with E-state index in [-0.39, 0.29) is 0 Å². The van der Waals surface area contributed by atoms with Gasteiger partial charge in [0.25, 0.3) is 0 Å². The third-order valence-electron chi connectivity index (χ3n) is 3.46. The topological polar surface area (TPSA) is 76.5 Å². The molecule has 0 radical (unpaired) electrons. The SMILES string of the molecule is C[N+](C)(CCOCCOCCOCCN=[N+]=[N-])CC1=CC=CC1. The largest absolute Gasteiger partial charge is 0.379 e. The highest BCUT2D eigenvalue weighted by molar-refractivity contribution is 5.23. The van der Waals surface area contributed by atoms with Crippen LogP contribution in [-0.2, 0) is 14.2 Å². The number of hydrogen-bond donors (Lipinski definition) is 0. The molecule has 0 amide bonds. The van der Waals surface area contributed by atoms with Gasteiger partial charge >= 0.3 is 0 Å². The second kappa shape index (κ2) is 12.1. The summed E-state index contributed by atoms with van der Waals surface area (Å²) in [4.78, 5) is 2.65. The number of ether oxygens (including phenoxy) is 3. The lowest BCUT2D eigenvalue weighted by Gasteiger charge is -2.30. The lowest BCUT2D eigenvalue weighted by molar-refractivity contribution is -0.886. The van der Waals surface area contributed by atoms with Crippen LogP contribution in [-0.4, -0.2) is 77.9 Å². The zero-order valence-corrected chi connectivity index (χ0v) is 14.3. The molecule has 7 nitrogen and oxygen atoms in total. The number of azide groups is 1. The summed E-state index contributed by atoms with van der Waals surface area (Å²) in [5, 5.41) is 3.38. The maximum Gasteiger partial charge on any atom is 0.102 e. The second-order valence-corrected chi connectivity index (χ2v) is 6.07. The number of likely N-dealkylation sites (N-methyl/N-ethyl adjacent to an activating group) is 1. The van der Waals surface area contributed by atoms with Crippen LogP contribution in [0.2, 0.25) is 0 Å². The van der Waals surface area contributed by atoms with Gasteiger partial charge in [-0.2, -0.15) is 0 Å². The van der Waals surface area contributed by atoms with Crippen molar-refractivity contribution < 1.29 is 18.7 Å². The van der Waals surface area contributed by atoms with Crippen LogP contribution < -0.4 is 0 Å². The zero-order chi connectivity index (χ0) is 16.8. The number of nitrogens with zero attached hydrogens (tertiary/aromatic N) is 4. The van der Waals surface area contributed by atoms with Crippen LogP contribution >= 0.6 is 0 Å². The number of quaternary nitrogens is 1. The summed E-state index contributed by atoms with van der Waals surface area (Å²) < 4.78 is 17.2. The normalized spacial score (nSPS) is 13.9. The van der Waals surface area contributed by atoms with Crippen molar-refractivity contribution in [3.63, 3.8) is 0 Å². The summed E-state index contributed by atoms with van der Waals surface area (Å²) >= 11 is 0. The molecule has 0 bridgehead atoms. The van der Waals surface area contributed by atoms with E-state index in [1.807, 2.05) is 0 Å². The van der Waals surface area contributed by atoms with Gasteiger partial charge in [-0.25, -0.2) is 0 Å². The first-order valence-electron chi connectivity index (χ1n) is 8.05. The summed E-state index contributed by atoms with van der Waals surface area (Å²) in [6, 6.07) is 0. The van der Waals surface area contributed by atoms with Gasteiger partial charge < -0.3 is 18.7 Å². The molecule has 0 fully saturated rings. The lowest BCUT2D eigenvalue weighted by atomic mass is 10.2. The number of allylic oxidation sites excluding steroid dienone is 3. The molecule has 0 saturated heterocycles. The first kappa shape index (κ1) is 19.7. The van der Waals surface area contributed by atoms with Crippen LogP contribution in [0, 0.1) is 0 Å². The van der Waals surface area contributed by atoms with Crippen molar-refractivity contribution in [2.45, 2.75) is 6.42 Å². The molecule has 130 valence electrons. The highest BCUT2D eigenvalue weighted by atomic mass is 16.5. The molecule has 0 atom stereocenters. The van der Waals surface area contributed by atoms with E-state index in [1.165, 1.54) is 5.57 Å². The Bertz CT molecular complexity index is 429. The summed E-state index contributed by atoms with van der Waals surface area (Å²) in [7, 11) is 4.46. The molecule has 0 aromatic rings. The predicted molar refractivity (Wildman–Crippen MR) is 90.2 cm³/mol. The molecule has 0 spiro atoms. The maximum atomic E-state index is 8.09. The van der Waals surface area contributed by atoms with Crippen molar-refractivity contribution in [1.82, 2.24) is 0 Å². The van der Waals surface area contributed by atoms with Crippen LogP contribution in [0.1, 0.15) is 6.42 Å². The Labute approximate surface area is 138 Å². The molecule has 0 N–H and O–H groups in total. The van der Waals surface area contributed by atoms with E-state index in [0.717, 1.165) is 30.6 Å². The lowest BCUT2D eigenvalue weighted by Crippen LogP contribution is -2.43. The van der Waals surface area contributed by atoms with Crippen molar-refractivity contribution in [3.8, 4) is 0 Å². The van der Waals surface area contributed by atoms with Gasteiger partial charge in [-0.1, -0.05) is 23.3 Å². The smallest absolute Gasteiger partial charge is 0.102 e. The van der Waals surface area contributed by atoms with Gasteiger partial charge in [-0.05, 0) is 17.5 Å². The van der Waals surface area contributed by atoms with E-state index in [4.69, 9.17) is 19.7 Å². The van der Waals surface area contributed by atoms with E-state index in [9.17, 15) is 0 Å². The molecule has 0 heterocycles. The molecular formula is C16H29N4O3+. The fraction of sp³-hybridized carbons (Fsp3) is 0.750. The zero-order valence-electron chi connectivity index (χ0n) is 14.3. The minimum atomic E-state index is 0.362. The van der Waals surface area contributed by atoms with Crippen molar-refractivity contribution in [2.75, 3.05) is 73.4 Å². The Morgan fingerprint density at radius 1 is 1.09 bits per heavy atom. The van der Waals surface area contributed by atoms with Gasteiger partial charge in [0.1, 0.15) is 13.1 Å². The second-order valence-electron chi connectivity index (χ2n) is 6.07. The Kier molecular flexibility index (Phi) is 10.4. The minimum absolute atomic E-state index is 0.362. The first-order chi connectivity index (χ1) is 11.1. The number of rotatable bonds is 14. The summed E-state index contributed by atoms with van der Waals surface area (Å²) in [6.07, 6.45) is 7.62. The van der Waals surface area contributed by atoms with Crippen molar-refractivity contribution in [3.05, 3.63) is 34.2 Å². The maximum absolute atomic E-state index is 8.09. The summed E-state index contributed by atoms with van der Waals surface area (Å²) in [5.74, 6) is 0. The number of hydrogen-bond acceptors (Lipinski definition) is 4. The molecule has 0 aromatic heterocycles. The molecule has 0 saturated carbocycles. The van der Waals surface area contributed by atoms with Gasteiger partial charge in [0, 0.05) is 11.5 Å². The molecule has 7 heteroatoms. The van der Waals surface area contributed by atoms with Gasteiger partial charge in [-0.15, -0.1) is 0 Å². The van der Waals surface area contributed by atoms with Crippen LogP contribution in [0.4, 0.5) is 0 Å². The Morgan fingerprint density at radius 3 is 2.35 bits per heavy atom. The van der Waals surface area contributed by atoms with Crippen LogP contribution in [0.25, 0.3) is 10.4 Å². The molecule has 1 aliphatic rings. The third kappa shape index (κ3) is 10.9. The van der Waals surface area contributed by atoms with Crippen LogP contribution in [0.5, 0.6) is 0 Å². The Hall–Kier alpha value is -1.37. The average molecular weight is 325 g/mol. The predicted octanol–water partition coefficient (Wildman–Crippen LogP) is 2.31. The molecular weight excluding hydrogens is 296 g/mol. The summed E-state index contributed by atoms with van der Waals surface area (Å²) in [6.45, 7) is 5.80. The summed E-state index contributed by atoms with van der Waals surface area (Å²) in [5.41, 5.74) is 9.57. The van der Waals surface area contributed by atoms with Gasteiger partial charge in [0.2, 0.25) is 0 Å². The third-order valence-corrected chi connectivity index (χ3v) is 3.46. The van der Waals surface area contributed by atoms with E-state index >= 15 is 0 Å². The Balaban J connectivity index is 1.88. The van der Waals surface area contributed by atoms with E-state index in [2.05, 4.69) is 42.3 Å². The average Bonchev–Trinajstić information content (AvgIpc) is 3.00. The van der Waals surface area contributed by atoms with Crippen molar-refractivity contribution >= 4 is 0 Å². The van der Waals surface area contributed by atoms with Crippen LogP contribution in [0.15, 0.2) is 28.9 Å². The van der Waals surface area contributed by atoms with Gasteiger partial charge in [0.05, 0.1) is 53.7 Å². The first-order valence-corrected chi connectivity index (χ1v) is 8.05. The van der Waals surface area contributed by atoms with E-state index in [0.29, 0.717) is 39.6 Å². The molecule has 0 unspecified atom stereocenters. The van der Waals surface area contributed by atoms with Gasteiger partial charge in [-0.3, -0.25) is 0 Å². The fourth-order valence-electron chi connectivity index (χ4n) is 2.24. The minimum Gasteiger partial charge on any atom is -0.379 e. The monoisotopic (exact) mass is 325 g/mol. The standard InChI is InChI=1S/C16H29N4O3/c1-20(2,15-16-5-3-4-6-16)8-10-22-12-14-23-13-11-21-9-7-18-19-17/h3-5H,6-15H2,1-2H3/q+1. The molecule has 0 aliphatic heterocycles. The highest BCUT2D eigenvalue weighted by Crippen LogP contribution is 2.14. The molecule has 1 rings (SSSR count). The van der Waals surface area contributed by atoms with Crippen molar-refractivity contribution in [1.29, 1.82) is 0 Å². The fourth-order valence-corrected chi connectivity index (χ4v) is 2.24. The van der Waals surface area contributed by atoms with Gasteiger partial charge in [0.15, 0.2) is 0 Å². The van der Waals surface area contributed by atoms with E-state index in [1.54, 1.807) is 0 Å². The van der Waals surface area contributed by atoms with E-state index < -0.39 is 0 Å². The van der Waals surface area contributed by atoms with Crippen molar-refractivity contribution in [2.24, 2.45) is 5.11 Å². The van der Waals surface area contributed by atoms with Crippen LogP contribution in [0.3, 0.4) is 0 Å². The highest BCUT2D eigenvalue weighted by Gasteiger charge is 2.17. The Morgan fingerprint density at radius 2 is 1.74 bits per heavy atom.